The van der Waals surface area contributed by atoms with Gasteiger partial charge in [0.1, 0.15) is 5.00 Å². The van der Waals surface area contributed by atoms with Gasteiger partial charge in [0.05, 0.1) is 22.3 Å². The number of thioether (sulfide) groups is 1. The van der Waals surface area contributed by atoms with E-state index in [2.05, 4.69) is 15.5 Å². The molecule has 2 aromatic heterocycles. The Balaban J connectivity index is 1.75. The average molecular weight is 517 g/mol. The van der Waals surface area contributed by atoms with Gasteiger partial charge in [-0.15, -0.1) is 21.5 Å². The van der Waals surface area contributed by atoms with Crippen LogP contribution < -0.4 is 16.0 Å². The third kappa shape index (κ3) is 6.01. The Hall–Kier alpha value is -3.38. The van der Waals surface area contributed by atoms with Crippen molar-refractivity contribution in [2.45, 2.75) is 32.0 Å². The van der Waals surface area contributed by atoms with E-state index in [1.165, 1.54) is 11.8 Å². The molecule has 35 heavy (non-hydrogen) atoms. The summed E-state index contributed by atoms with van der Waals surface area (Å²) in [6.07, 6.45) is -0.360. The van der Waals surface area contributed by atoms with Crippen molar-refractivity contribution in [1.29, 1.82) is 0 Å². The topological polar surface area (TPSA) is 132 Å². The Bertz CT molecular complexity index is 1260. The number of anilines is 2. The van der Waals surface area contributed by atoms with Crippen LogP contribution in [0.4, 0.5) is 10.7 Å². The predicted octanol–water partition coefficient (Wildman–Crippen LogP) is 3.31. The van der Waals surface area contributed by atoms with E-state index in [0.717, 1.165) is 22.6 Å². The SMILES string of the molecule is Cc1c(C(N)=O)sc(NC(=O)CSc2nnc(-c3cccc(N(C)C)c3)n2C)c1C(=O)OC(C)C. The van der Waals surface area contributed by atoms with Crippen LogP contribution >= 0.6 is 23.1 Å². The second-order valence-corrected chi connectivity index (χ2v) is 10.2. The van der Waals surface area contributed by atoms with Crippen molar-refractivity contribution in [3.63, 3.8) is 0 Å². The van der Waals surface area contributed by atoms with Crippen molar-refractivity contribution >= 4 is 51.6 Å². The van der Waals surface area contributed by atoms with Crippen LogP contribution in [-0.4, -0.2) is 58.5 Å². The summed E-state index contributed by atoms with van der Waals surface area (Å²) in [4.78, 5) is 39.3. The summed E-state index contributed by atoms with van der Waals surface area (Å²) < 4.78 is 7.10. The molecular weight excluding hydrogens is 488 g/mol. The first-order valence-electron chi connectivity index (χ1n) is 10.7. The Morgan fingerprint density at radius 2 is 1.97 bits per heavy atom. The molecule has 0 saturated heterocycles. The highest BCUT2D eigenvalue weighted by atomic mass is 32.2. The average Bonchev–Trinajstić information content (AvgIpc) is 3.31. The van der Waals surface area contributed by atoms with Crippen molar-refractivity contribution in [3.8, 4) is 11.4 Å². The zero-order valence-corrected chi connectivity index (χ0v) is 22.0. The smallest absolute Gasteiger partial charge is 0.341 e. The van der Waals surface area contributed by atoms with Crippen molar-refractivity contribution in [2.24, 2.45) is 12.8 Å². The van der Waals surface area contributed by atoms with Crippen LogP contribution in [0.5, 0.6) is 0 Å². The zero-order chi connectivity index (χ0) is 25.9. The fraction of sp³-hybridized carbons (Fsp3) is 0.348. The summed E-state index contributed by atoms with van der Waals surface area (Å²) in [6, 6.07) is 7.91. The van der Waals surface area contributed by atoms with Crippen LogP contribution in [-0.2, 0) is 16.6 Å². The number of thiophene rings is 1. The van der Waals surface area contributed by atoms with Crippen LogP contribution in [0.1, 0.15) is 39.4 Å². The molecule has 186 valence electrons. The molecule has 3 rings (SSSR count). The molecule has 3 N–H and O–H groups in total. The molecule has 0 atom stereocenters. The van der Waals surface area contributed by atoms with Crippen molar-refractivity contribution < 1.29 is 19.1 Å². The molecule has 0 saturated carbocycles. The summed E-state index contributed by atoms with van der Waals surface area (Å²) in [6.45, 7) is 5.04. The molecule has 2 heterocycles. The summed E-state index contributed by atoms with van der Waals surface area (Å²) in [5, 5.41) is 12.0. The molecule has 0 bridgehead atoms. The Labute approximate surface area is 211 Å². The van der Waals surface area contributed by atoms with Gasteiger partial charge >= 0.3 is 5.97 Å². The maximum Gasteiger partial charge on any atom is 0.341 e. The van der Waals surface area contributed by atoms with Gasteiger partial charge in [0, 0.05) is 32.4 Å². The molecule has 12 heteroatoms. The van der Waals surface area contributed by atoms with Gasteiger partial charge in [0.2, 0.25) is 5.91 Å². The number of amides is 2. The number of carbonyl (C=O) groups excluding carboxylic acids is 3. The van der Waals surface area contributed by atoms with E-state index in [0.29, 0.717) is 16.5 Å². The normalized spacial score (nSPS) is 10.9. The number of hydrogen-bond acceptors (Lipinski definition) is 9. The number of nitrogens with two attached hydrogens (primary N) is 1. The summed E-state index contributed by atoms with van der Waals surface area (Å²) in [5.41, 5.74) is 7.90. The molecule has 0 spiro atoms. The summed E-state index contributed by atoms with van der Waals surface area (Å²) >= 11 is 2.16. The lowest BCUT2D eigenvalue weighted by molar-refractivity contribution is -0.113. The maximum absolute atomic E-state index is 12.7. The quantitative estimate of drug-likeness (QED) is 0.327. The minimum atomic E-state index is -0.675. The molecule has 0 aliphatic carbocycles. The van der Waals surface area contributed by atoms with Crippen molar-refractivity contribution in [1.82, 2.24) is 14.8 Å². The van der Waals surface area contributed by atoms with E-state index in [9.17, 15) is 14.4 Å². The van der Waals surface area contributed by atoms with Crippen molar-refractivity contribution in [3.05, 3.63) is 40.3 Å². The number of esters is 1. The highest BCUT2D eigenvalue weighted by Crippen LogP contribution is 2.34. The Kier molecular flexibility index (Phi) is 8.18. The molecule has 1 aromatic carbocycles. The van der Waals surface area contributed by atoms with Gasteiger partial charge in [0.25, 0.3) is 5.91 Å². The second-order valence-electron chi connectivity index (χ2n) is 8.23. The minimum Gasteiger partial charge on any atom is -0.459 e. The van der Waals surface area contributed by atoms with Gasteiger partial charge < -0.3 is 25.3 Å². The van der Waals surface area contributed by atoms with E-state index < -0.39 is 11.9 Å². The standard InChI is InChI=1S/C23H28N6O4S2/c1-12(2)33-22(32)17-13(3)18(19(24)31)35-21(17)25-16(30)11-34-23-27-26-20(29(23)6)14-8-7-9-15(10-14)28(4)5/h7-10,12H,11H2,1-6H3,(H2,24,31)(H,25,30). The maximum atomic E-state index is 12.7. The number of nitrogens with one attached hydrogen (secondary N) is 1. The number of rotatable bonds is 9. The van der Waals surface area contributed by atoms with E-state index in [-0.39, 0.29) is 33.2 Å². The molecule has 0 unspecified atom stereocenters. The van der Waals surface area contributed by atoms with Crippen LogP contribution in [0.15, 0.2) is 29.4 Å². The number of ether oxygens (including phenoxy) is 1. The Morgan fingerprint density at radius 3 is 2.60 bits per heavy atom. The molecule has 0 fully saturated rings. The number of nitrogens with zero attached hydrogens (tertiary/aromatic N) is 4. The third-order valence-corrected chi connectivity index (χ3v) is 7.20. The third-order valence-electron chi connectivity index (χ3n) is 4.96. The number of primary amides is 1. The zero-order valence-electron chi connectivity index (χ0n) is 20.4. The van der Waals surface area contributed by atoms with Gasteiger partial charge in [-0.25, -0.2) is 4.79 Å². The van der Waals surface area contributed by atoms with E-state index >= 15 is 0 Å². The summed E-state index contributed by atoms with van der Waals surface area (Å²) in [5.74, 6) is -0.973. The molecule has 0 aliphatic heterocycles. The lowest BCUT2D eigenvalue weighted by Crippen LogP contribution is -2.18. The van der Waals surface area contributed by atoms with Gasteiger partial charge in [-0.05, 0) is 38.5 Å². The number of benzene rings is 1. The second kappa shape index (κ2) is 10.9. The highest BCUT2D eigenvalue weighted by Gasteiger charge is 2.26. The number of carbonyl (C=O) groups is 3. The summed E-state index contributed by atoms with van der Waals surface area (Å²) in [7, 11) is 5.76. The number of aromatic nitrogens is 3. The fourth-order valence-corrected chi connectivity index (χ4v) is 5.04. The van der Waals surface area contributed by atoms with E-state index in [1.54, 1.807) is 20.8 Å². The molecule has 0 aliphatic rings. The fourth-order valence-electron chi connectivity index (χ4n) is 3.26. The largest absolute Gasteiger partial charge is 0.459 e. The first-order valence-corrected chi connectivity index (χ1v) is 12.5. The minimum absolute atomic E-state index is 0.0191. The lowest BCUT2D eigenvalue weighted by Gasteiger charge is -2.13. The molecule has 10 nitrogen and oxygen atoms in total. The van der Waals surface area contributed by atoms with Gasteiger partial charge in [-0.3, -0.25) is 9.59 Å². The van der Waals surface area contributed by atoms with E-state index in [4.69, 9.17) is 10.5 Å². The Morgan fingerprint density at radius 1 is 1.26 bits per heavy atom. The molecule has 3 aromatic rings. The lowest BCUT2D eigenvalue weighted by atomic mass is 10.1. The first kappa shape index (κ1) is 26.2. The van der Waals surface area contributed by atoms with Crippen LogP contribution in [0.3, 0.4) is 0 Å². The van der Waals surface area contributed by atoms with Crippen molar-refractivity contribution in [2.75, 3.05) is 30.1 Å². The van der Waals surface area contributed by atoms with Crippen LogP contribution in [0, 0.1) is 6.92 Å². The van der Waals surface area contributed by atoms with Crippen LogP contribution in [0.2, 0.25) is 0 Å². The molecular formula is C23H28N6O4S2. The number of hydrogen-bond donors (Lipinski definition) is 2. The monoisotopic (exact) mass is 516 g/mol. The van der Waals surface area contributed by atoms with Gasteiger partial charge in [0.15, 0.2) is 11.0 Å². The van der Waals surface area contributed by atoms with Crippen LogP contribution in [0.25, 0.3) is 11.4 Å². The predicted molar refractivity (Wildman–Crippen MR) is 138 cm³/mol. The van der Waals surface area contributed by atoms with E-state index in [1.807, 2.05) is 54.9 Å². The van der Waals surface area contributed by atoms with Gasteiger partial charge in [-0.1, -0.05) is 23.9 Å². The first-order chi connectivity index (χ1) is 16.5. The molecule has 0 radical (unpaired) electrons. The highest BCUT2D eigenvalue weighted by molar-refractivity contribution is 7.99. The van der Waals surface area contributed by atoms with Gasteiger partial charge in [-0.2, -0.15) is 0 Å². The molecule has 2 amide bonds.